The summed E-state index contributed by atoms with van der Waals surface area (Å²) in [4.78, 5) is 0. The molecule has 0 spiro atoms. The van der Waals surface area contributed by atoms with Crippen molar-refractivity contribution in [3.05, 3.63) is 0 Å². The first-order valence-electron chi connectivity index (χ1n) is 4.67. The van der Waals surface area contributed by atoms with Gasteiger partial charge in [0.1, 0.15) is 0 Å². The van der Waals surface area contributed by atoms with E-state index in [2.05, 4.69) is 6.92 Å². The maximum atomic E-state index is 5.57. The molecule has 0 saturated carbocycles. The summed E-state index contributed by atoms with van der Waals surface area (Å²) >= 11 is 0. The van der Waals surface area contributed by atoms with Crippen molar-refractivity contribution in [2.45, 2.75) is 39.1 Å². The molecular formula is C9H18O3. The maximum Gasteiger partial charge on any atom is 0.160 e. The molecule has 0 aromatic heterocycles. The fourth-order valence-corrected chi connectivity index (χ4v) is 1.17. The highest BCUT2D eigenvalue weighted by Crippen LogP contribution is 2.10. The van der Waals surface area contributed by atoms with Crippen LogP contribution in [0.25, 0.3) is 0 Å². The van der Waals surface area contributed by atoms with E-state index >= 15 is 0 Å². The molecular weight excluding hydrogens is 156 g/mol. The van der Waals surface area contributed by atoms with E-state index in [4.69, 9.17) is 14.2 Å². The van der Waals surface area contributed by atoms with Gasteiger partial charge in [-0.3, -0.25) is 0 Å². The Morgan fingerprint density at radius 2 is 2.33 bits per heavy atom. The van der Waals surface area contributed by atoms with Crippen molar-refractivity contribution in [2.75, 3.05) is 19.8 Å². The molecule has 72 valence electrons. The molecule has 0 aromatic carbocycles. The zero-order valence-electron chi connectivity index (χ0n) is 7.91. The average molecular weight is 174 g/mol. The van der Waals surface area contributed by atoms with Gasteiger partial charge in [-0.15, -0.1) is 0 Å². The number of ether oxygens (including phenoxy) is 3. The molecule has 1 fully saturated rings. The van der Waals surface area contributed by atoms with Gasteiger partial charge in [0.05, 0.1) is 19.3 Å². The van der Waals surface area contributed by atoms with Crippen molar-refractivity contribution >= 4 is 0 Å². The molecule has 12 heavy (non-hydrogen) atoms. The molecule has 1 aliphatic heterocycles. The van der Waals surface area contributed by atoms with Crippen LogP contribution >= 0.6 is 0 Å². The van der Waals surface area contributed by atoms with Crippen molar-refractivity contribution in [3.8, 4) is 0 Å². The number of hydrogen-bond acceptors (Lipinski definition) is 3. The molecule has 2 atom stereocenters. The Hall–Kier alpha value is -0.120. The quantitative estimate of drug-likeness (QED) is 0.650. The van der Waals surface area contributed by atoms with Gasteiger partial charge in [0.15, 0.2) is 6.29 Å². The van der Waals surface area contributed by atoms with Gasteiger partial charge in [-0.1, -0.05) is 6.92 Å². The molecule has 0 aromatic rings. The normalized spacial score (nSPS) is 31.5. The molecule has 0 radical (unpaired) electrons. The van der Waals surface area contributed by atoms with Crippen molar-refractivity contribution in [2.24, 2.45) is 0 Å². The summed E-state index contributed by atoms with van der Waals surface area (Å²) in [6, 6.07) is 0. The fourth-order valence-electron chi connectivity index (χ4n) is 1.17. The summed E-state index contributed by atoms with van der Waals surface area (Å²) in [5.74, 6) is 0. The minimum absolute atomic E-state index is 0.0533. The van der Waals surface area contributed by atoms with Crippen LogP contribution in [0.3, 0.4) is 0 Å². The highest BCUT2D eigenvalue weighted by atomic mass is 16.7. The second kappa shape index (κ2) is 5.51. The van der Waals surface area contributed by atoms with Gasteiger partial charge in [-0.25, -0.2) is 0 Å². The molecule has 3 heteroatoms. The summed E-state index contributed by atoms with van der Waals surface area (Å²) in [6.45, 7) is 6.31. The topological polar surface area (TPSA) is 27.7 Å². The first-order chi connectivity index (χ1) is 5.83. The van der Waals surface area contributed by atoms with Crippen LogP contribution in [-0.4, -0.2) is 32.2 Å². The Bertz CT molecular complexity index is 116. The van der Waals surface area contributed by atoms with E-state index in [-0.39, 0.29) is 12.4 Å². The van der Waals surface area contributed by atoms with Crippen molar-refractivity contribution < 1.29 is 14.2 Å². The van der Waals surface area contributed by atoms with E-state index in [0.717, 1.165) is 26.1 Å². The van der Waals surface area contributed by atoms with E-state index in [0.29, 0.717) is 6.61 Å². The largest absolute Gasteiger partial charge is 0.379 e. The third-order valence-electron chi connectivity index (χ3n) is 1.74. The lowest BCUT2D eigenvalue weighted by Crippen LogP contribution is -2.22. The predicted molar refractivity (Wildman–Crippen MR) is 46.0 cm³/mol. The molecule has 0 bridgehead atoms. The second-order valence-electron chi connectivity index (χ2n) is 3.11. The lowest BCUT2D eigenvalue weighted by Gasteiger charge is -2.17. The van der Waals surface area contributed by atoms with Gasteiger partial charge in [-0.05, 0) is 13.3 Å². The second-order valence-corrected chi connectivity index (χ2v) is 3.11. The third-order valence-corrected chi connectivity index (χ3v) is 1.74. The summed E-state index contributed by atoms with van der Waals surface area (Å²) in [5.41, 5.74) is 0. The average Bonchev–Trinajstić information content (AvgIpc) is 2.26. The fraction of sp³-hybridized carbons (Fsp3) is 1.00. The van der Waals surface area contributed by atoms with Crippen LogP contribution in [0.4, 0.5) is 0 Å². The molecule has 0 aliphatic carbocycles. The van der Waals surface area contributed by atoms with Crippen molar-refractivity contribution in [1.82, 2.24) is 0 Å². The van der Waals surface area contributed by atoms with Gasteiger partial charge in [0, 0.05) is 13.0 Å². The molecule has 0 amide bonds. The van der Waals surface area contributed by atoms with Crippen LogP contribution in [0.15, 0.2) is 0 Å². The van der Waals surface area contributed by atoms with Gasteiger partial charge in [0.2, 0.25) is 0 Å². The van der Waals surface area contributed by atoms with Gasteiger partial charge >= 0.3 is 0 Å². The summed E-state index contributed by atoms with van der Waals surface area (Å²) in [6.07, 6.45) is 2.00. The van der Waals surface area contributed by atoms with Gasteiger partial charge < -0.3 is 14.2 Å². The van der Waals surface area contributed by atoms with E-state index in [1.165, 1.54) is 0 Å². The van der Waals surface area contributed by atoms with E-state index in [9.17, 15) is 0 Å². The molecule has 0 N–H and O–H groups in total. The van der Waals surface area contributed by atoms with Crippen LogP contribution in [0.5, 0.6) is 0 Å². The SMILES string of the molecule is CCCO[C@@H]1CCOC[C@H](C)O1. The van der Waals surface area contributed by atoms with Crippen LogP contribution in [-0.2, 0) is 14.2 Å². The minimum Gasteiger partial charge on any atom is -0.379 e. The van der Waals surface area contributed by atoms with Crippen molar-refractivity contribution in [1.29, 1.82) is 0 Å². The number of rotatable bonds is 3. The highest BCUT2D eigenvalue weighted by molar-refractivity contribution is 4.56. The Balaban J connectivity index is 2.21. The molecule has 0 unspecified atom stereocenters. The molecule has 3 nitrogen and oxygen atoms in total. The zero-order valence-corrected chi connectivity index (χ0v) is 7.91. The van der Waals surface area contributed by atoms with Gasteiger partial charge in [-0.2, -0.15) is 0 Å². The van der Waals surface area contributed by atoms with Crippen molar-refractivity contribution in [3.63, 3.8) is 0 Å². The van der Waals surface area contributed by atoms with Crippen LogP contribution in [0.2, 0.25) is 0 Å². The van der Waals surface area contributed by atoms with E-state index in [1.54, 1.807) is 0 Å². The molecule has 1 aliphatic rings. The lowest BCUT2D eigenvalue weighted by molar-refractivity contribution is -0.161. The number of hydrogen-bond donors (Lipinski definition) is 0. The molecule has 1 saturated heterocycles. The van der Waals surface area contributed by atoms with Gasteiger partial charge in [0.25, 0.3) is 0 Å². The van der Waals surface area contributed by atoms with Crippen LogP contribution in [0.1, 0.15) is 26.7 Å². The monoisotopic (exact) mass is 174 g/mol. The summed E-state index contributed by atoms with van der Waals surface area (Å²) in [5, 5.41) is 0. The van der Waals surface area contributed by atoms with E-state index in [1.807, 2.05) is 6.92 Å². The Labute approximate surface area is 74.0 Å². The highest BCUT2D eigenvalue weighted by Gasteiger charge is 2.17. The standard InChI is InChI=1S/C9H18O3/c1-3-5-11-9-4-6-10-7-8(2)12-9/h8-9H,3-7H2,1-2H3/t8-,9-/m0/s1. The molecule has 1 rings (SSSR count). The minimum atomic E-state index is -0.0533. The summed E-state index contributed by atoms with van der Waals surface area (Å²) in [7, 11) is 0. The van der Waals surface area contributed by atoms with E-state index < -0.39 is 0 Å². The first kappa shape index (κ1) is 9.96. The van der Waals surface area contributed by atoms with Crippen LogP contribution in [0, 0.1) is 0 Å². The Kier molecular flexibility index (Phi) is 4.58. The third kappa shape index (κ3) is 3.52. The Morgan fingerprint density at radius 1 is 1.50 bits per heavy atom. The maximum absolute atomic E-state index is 5.57. The smallest absolute Gasteiger partial charge is 0.160 e. The first-order valence-corrected chi connectivity index (χ1v) is 4.67. The summed E-state index contributed by atoms with van der Waals surface area (Å²) < 4.78 is 16.4. The molecule has 1 heterocycles. The Morgan fingerprint density at radius 3 is 3.08 bits per heavy atom. The predicted octanol–water partition coefficient (Wildman–Crippen LogP) is 1.56. The van der Waals surface area contributed by atoms with Crippen LogP contribution < -0.4 is 0 Å². The zero-order chi connectivity index (χ0) is 8.81. The lowest BCUT2D eigenvalue weighted by atomic mass is 10.4.